The molecule has 2 fully saturated rings. The van der Waals surface area contributed by atoms with E-state index in [1.165, 1.54) is 6.33 Å². The number of H-pyrrole nitrogens is 1. The second kappa shape index (κ2) is 5.69. The fraction of sp³-hybridized carbons (Fsp3) is 0.562. The van der Waals surface area contributed by atoms with Gasteiger partial charge in [0.25, 0.3) is 0 Å². The lowest BCUT2D eigenvalue weighted by Gasteiger charge is -2.42. The molecule has 0 amide bonds. The van der Waals surface area contributed by atoms with Gasteiger partial charge in [-0.3, -0.25) is 9.69 Å². The number of rotatable bonds is 4. The molecule has 3 heterocycles. The molecule has 0 radical (unpaired) electrons. The Bertz CT molecular complexity index is 798. The van der Waals surface area contributed by atoms with E-state index < -0.39 is 18.4 Å². The van der Waals surface area contributed by atoms with Gasteiger partial charge in [0.1, 0.15) is 24.2 Å². The first-order valence-electron chi connectivity index (χ1n) is 8.23. The Morgan fingerprint density at radius 2 is 2.08 bits per heavy atom. The summed E-state index contributed by atoms with van der Waals surface area (Å²) in [5.41, 5.74) is 0.560. The molecule has 6 nitrogen and oxygen atoms in total. The predicted octanol–water partition coefficient (Wildman–Crippen LogP) is 2.13. The van der Waals surface area contributed by atoms with Gasteiger partial charge in [-0.05, 0) is 18.9 Å². The molecule has 0 atom stereocenters. The molecule has 0 aromatic carbocycles. The Morgan fingerprint density at radius 1 is 1.28 bits per heavy atom. The average Bonchev–Trinajstić information content (AvgIpc) is 3.12. The van der Waals surface area contributed by atoms with Gasteiger partial charge in [-0.25, -0.2) is 9.97 Å². The monoisotopic (exact) mass is 353 g/mol. The molecule has 1 aliphatic carbocycles. The standard InChI is InChI=1S/C16H18F3N5O/c17-16(18,19)7-11(25)8-24-6-5-23(9-15(24)2-3-15)14-12-1-4-20-13(12)21-10-22-14/h1,4,10H,2-3,5-9H2,(H,20,21,22). The first-order chi connectivity index (χ1) is 11.9. The highest BCUT2D eigenvalue weighted by atomic mass is 19.4. The van der Waals surface area contributed by atoms with Crippen LogP contribution in [-0.2, 0) is 4.79 Å². The minimum absolute atomic E-state index is 0.128. The highest BCUT2D eigenvalue weighted by Gasteiger charge is 2.52. The highest BCUT2D eigenvalue weighted by molar-refractivity contribution is 5.87. The molecule has 25 heavy (non-hydrogen) atoms. The van der Waals surface area contributed by atoms with Crippen molar-refractivity contribution in [3.63, 3.8) is 0 Å². The highest BCUT2D eigenvalue weighted by Crippen LogP contribution is 2.45. The van der Waals surface area contributed by atoms with Gasteiger partial charge in [0, 0.05) is 31.4 Å². The molecule has 1 spiro atoms. The van der Waals surface area contributed by atoms with Crippen LogP contribution < -0.4 is 4.90 Å². The van der Waals surface area contributed by atoms with E-state index in [1.807, 2.05) is 17.2 Å². The maximum Gasteiger partial charge on any atom is 0.395 e. The van der Waals surface area contributed by atoms with E-state index in [-0.39, 0.29) is 12.1 Å². The number of alkyl halides is 3. The summed E-state index contributed by atoms with van der Waals surface area (Å²) in [5, 5.41) is 0.930. The second-order valence-electron chi connectivity index (χ2n) is 6.84. The minimum atomic E-state index is -4.43. The molecule has 1 aliphatic heterocycles. The summed E-state index contributed by atoms with van der Waals surface area (Å²) in [7, 11) is 0. The summed E-state index contributed by atoms with van der Waals surface area (Å²) in [4.78, 5) is 27.4. The Labute approximate surface area is 142 Å². The molecular formula is C16H18F3N5O. The number of fused-ring (bicyclic) bond motifs is 1. The van der Waals surface area contributed by atoms with E-state index >= 15 is 0 Å². The quantitative estimate of drug-likeness (QED) is 0.912. The number of nitrogens with zero attached hydrogens (tertiary/aromatic N) is 4. The van der Waals surface area contributed by atoms with Crippen LogP contribution in [0.4, 0.5) is 19.0 Å². The third-order valence-electron chi connectivity index (χ3n) is 5.02. The topological polar surface area (TPSA) is 65.1 Å². The third-order valence-corrected chi connectivity index (χ3v) is 5.02. The zero-order valence-electron chi connectivity index (χ0n) is 13.5. The van der Waals surface area contributed by atoms with Crippen molar-refractivity contribution in [3.05, 3.63) is 18.6 Å². The maximum absolute atomic E-state index is 12.4. The van der Waals surface area contributed by atoms with Crippen molar-refractivity contribution in [2.45, 2.75) is 31.0 Å². The number of carbonyl (C=O) groups is 1. The summed E-state index contributed by atoms with van der Waals surface area (Å²) in [6.45, 7) is 1.72. The molecule has 2 aliphatic rings. The Kier molecular flexibility index (Phi) is 3.71. The molecule has 2 aromatic heterocycles. The van der Waals surface area contributed by atoms with E-state index in [1.54, 1.807) is 0 Å². The number of aromatic amines is 1. The molecule has 1 saturated heterocycles. The fourth-order valence-corrected chi connectivity index (χ4v) is 3.66. The molecule has 134 valence electrons. The molecule has 0 unspecified atom stereocenters. The largest absolute Gasteiger partial charge is 0.395 e. The van der Waals surface area contributed by atoms with Gasteiger partial charge in [0.05, 0.1) is 11.9 Å². The number of halogens is 3. The summed E-state index contributed by atoms with van der Waals surface area (Å²) < 4.78 is 37.2. The first-order valence-corrected chi connectivity index (χ1v) is 8.23. The summed E-state index contributed by atoms with van der Waals surface area (Å²) >= 11 is 0. The van der Waals surface area contributed by atoms with Crippen LogP contribution in [0.1, 0.15) is 19.3 Å². The van der Waals surface area contributed by atoms with E-state index in [4.69, 9.17) is 0 Å². The van der Waals surface area contributed by atoms with Crippen molar-refractivity contribution < 1.29 is 18.0 Å². The van der Waals surface area contributed by atoms with Crippen LogP contribution in [0.15, 0.2) is 18.6 Å². The van der Waals surface area contributed by atoms with Crippen molar-refractivity contribution in [1.82, 2.24) is 19.9 Å². The van der Waals surface area contributed by atoms with E-state index in [2.05, 4.69) is 19.9 Å². The SMILES string of the molecule is O=C(CN1CCN(c2ncnc3[nH]ccc23)CC12CC2)CC(F)(F)F. The van der Waals surface area contributed by atoms with Gasteiger partial charge in [-0.15, -0.1) is 0 Å². The van der Waals surface area contributed by atoms with Gasteiger partial charge in [-0.2, -0.15) is 13.2 Å². The third kappa shape index (κ3) is 3.20. The van der Waals surface area contributed by atoms with Gasteiger partial charge in [0.2, 0.25) is 0 Å². The smallest absolute Gasteiger partial charge is 0.353 e. The predicted molar refractivity (Wildman–Crippen MR) is 85.3 cm³/mol. The van der Waals surface area contributed by atoms with Crippen LogP contribution in [0.25, 0.3) is 11.0 Å². The number of hydrogen-bond acceptors (Lipinski definition) is 5. The Hall–Kier alpha value is -2.16. The van der Waals surface area contributed by atoms with Crippen LogP contribution in [0.3, 0.4) is 0 Å². The summed E-state index contributed by atoms with van der Waals surface area (Å²) in [5.74, 6) is 0.0704. The molecule has 4 rings (SSSR count). The van der Waals surface area contributed by atoms with E-state index in [9.17, 15) is 18.0 Å². The first kappa shape index (κ1) is 16.3. The van der Waals surface area contributed by atoms with Crippen molar-refractivity contribution in [1.29, 1.82) is 0 Å². The number of aromatic nitrogens is 3. The number of ketones is 1. The van der Waals surface area contributed by atoms with E-state index in [0.29, 0.717) is 19.6 Å². The number of anilines is 1. The number of nitrogens with one attached hydrogen (secondary N) is 1. The van der Waals surface area contributed by atoms with Crippen molar-refractivity contribution in [3.8, 4) is 0 Å². The molecule has 0 bridgehead atoms. The fourth-order valence-electron chi connectivity index (χ4n) is 3.66. The zero-order valence-corrected chi connectivity index (χ0v) is 13.5. The Balaban J connectivity index is 1.48. The normalized spacial score (nSPS) is 20.4. The van der Waals surface area contributed by atoms with Gasteiger partial charge < -0.3 is 9.88 Å². The second-order valence-corrected chi connectivity index (χ2v) is 6.84. The van der Waals surface area contributed by atoms with E-state index in [0.717, 1.165) is 29.7 Å². The molecule has 9 heteroatoms. The van der Waals surface area contributed by atoms with Crippen LogP contribution in [0.5, 0.6) is 0 Å². The lowest BCUT2D eigenvalue weighted by molar-refractivity contribution is -0.153. The number of Topliss-reactive ketones (excluding diaryl/α,β-unsaturated/α-hetero) is 1. The maximum atomic E-state index is 12.4. The van der Waals surface area contributed by atoms with Gasteiger partial charge in [-0.1, -0.05) is 0 Å². The van der Waals surface area contributed by atoms with Crippen LogP contribution >= 0.6 is 0 Å². The van der Waals surface area contributed by atoms with Crippen molar-refractivity contribution >= 4 is 22.6 Å². The summed E-state index contributed by atoms with van der Waals surface area (Å²) in [6, 6.07) is 1.92. The van der Waals surface area contributed by atoms with Crippen LogP contribution in [-0.4, -0.2) is 63.5 Å². The van der Waals surface area contributed by atoms with Crippen molar-refractivity contribution in [2.75, 3.05) is 31.1 Å². The molecule has 2 aromatic rings. The number of carbonyl (C=O) groups excluding carboxylic acids is 1. The van der Waals surface area contributed by atoms with Crippen LogP contribution in [0.2, 0.25) is 0 Å². The Morgan fingerprint density at radius 3 is 2.80 bits per heavy atom. The number of piperazine rings is 1. The van der Waals surface area contributed by atoms with Gasteiger partial charge in [0.15, 0.2) is 5.78 Å². The van der Waals surface area contributed by atoms with Crippen LogP contribution in [0, 0.1) is 0 Å². The minimum Gasteiger partial charge on any atom is -0.353 e. The average molecular weight is 353 g/mol. The lowest BCUT2D eigenvalue weighted by Crippen LogP contribution is -2.56. The lowest BCUT2D eigenvalue weighted by atomic mass is 10.1. The molecule has 1 saturated carbocycles. The van der Waals surface area contributed by atoms with Crippen molar-refractivity contribution in [2.24, 2.45) is 0 Å². The van der Waals surface area contributed by atoms with Gasteiger partial charge >= 0.3 is 6.18 Å². The number of hydrogen-bond donors (Lipinski definition) is 1. The summed E-state index contributed by atoms with van der Waals surface area (Å²) in [6.07, 6.45) is -0.682. The molecular weight excluding hydrogens is 335 g/mol. The molecule has 1 N–H and O–H groups in total. The zero-order chi connectivity index (χ0) is 17.7.